The minimum absolute atomic E-state index is 0.0887. The molecule has 2 aromatic rings. The second-order valence-corrected chi connectivity index (χ2v) is 11.5. The zero-order valence-corrected chi connectivity index (χ0v) is 21.0. The summed E-state index contributed by atoms with van der Waals surface area (Å²) in [6, 6.07) is 10.5. The number of benzene rings is 1. The number of carbonyl (C=O) groups is 1. The molecular formula is C25H34FNO5P+. The highest BCUT2D eigenvalue weighted by Crippen LogP contribution is 2.55. The molecule has 1 aromatic heterocycles. The third-order valence-corrected chi connectivity index (χ3v) is 7.65. The maximum Gasteiger partial charge on any atom is 0.529 e. The number of hydrogen-bond donors (Lipinski definition) is 2. The normalized spacial score (nSPS) is 16.2. The van der Waals surface area contributed by atoms with Gasteiger partial charge in [-0.3, -0.25) is 4.98 Å². The van der Waals surface area contributed by atoms with Gasteiger partial charge < -0.3 is 10.2 Å². The molecule has 2 rings (SSSR count). The van der Waals surface area contributed by atoms with E-state index < -0.39 is 30.6 Å². The summed E-state index contributed by atoms with van der Waals surface area (Å²) in [7, 11) is -1.69. The summed E-state index contributed by atoms with van der Waals surface area (Å²) in [5.41, 5.74) is -1.35. The first kappa shape index (κ1) is 27.0. The van der Waals surface area contributed by atoms with E-state index >= 15 is 0 Å². The molecule has 3 atom stereocenters. The summed E-state index contributed by atoms with van der Waals surface area (Å²) >= 11 is 0. The Morgan fingerprint density at radius 1 is 1.12 bits per heavy atom. The van der Waals surface area contributed by atoms with E-state index in [4.69, 9.17) is 4.52 Å². The maximum atomic E-state index is 13.5. The van der Waals surface area contributed by atoms with Crippen molar-refractivity contribution in [1.29, 1.82) is 0 Å². The molecule has 0 amide bonds. The second-order valence-electron chi connectivity index (χ2n) is 9.86. The van der Waals surface area contributed by atoms with E-state index in [0.29, 0.717) is 17.7 Å². The topological polar surface area (TPSA) is 96.7 Å². The van der Waals surface area contributed by atoms with E-state index in [-0.39, 0.29) is 29.9 Å². The van der Waals surface area contributed by atoms with Crippen molar-refractivity contribution < 1.29 is 28.5 Å². The third-order valence-electron chi connectivity index (χ3n) is 5.91. The Morgan fingerprint density at radius 3 is 2.18 bits per heavy atom. The highest BCUT2D eigenvalue weighted by atomic mass is 31.1. The molecule has 0 saturated carbocycles. The van der Waals surface area contributed by atoms with Crippen molar-refractivity contribution in [2.75, 3.05) is 7.11 Å². The first-order chi connectivity index (χ1) is 15.3. The van der Waals surface area contributed by atoms with Crippen molar-refractivity contribution in [3.05, 3.63) is 65.2 Å². The van der Waals surface area contributed by atoms with Gasteiger partial charge >= 0.3 is 19.2 Å². The SMILES string of the molecule is CO[P+](=O)C(CCC(C)C)(C(=O)O)C(O)(Cc1ccc(F)cc1)c1cccc(C(C)(C)C)n1. The molecule has 0 saturated heterocycles. The lowest BCUT2D eigenvalue weighted by Gasteiger charge is -2.37. The standard InChI is InChI=1S/C25H33FNO5P/c1-17(2)14-15-25(22(28)29,33(31)32-6)24(30,16-18-10-12-19(26)13-11-18)21-9-7-8-20(27-21)23(3,4)5/h7-13,17,30H,14-16H2,1-6H3/p+1. The molecule has 6 nitrogen and oxygen atoms in total. The molecule has 3 unspecified atom stereocenters. The molecule has 1 aromatic carbocycles. The van der Waals surface area contributed by atoms with Gasteiger partial charge in [0.15, 0.2) is 5.60 Å². The number of pyridine rings is 1. The van der Waals surface area contributed by atoms with Crippen LogP contribution < -0.4 is 0 Å². The molecule has 0 aliphatic rings. The zero-order chi connectivity index (χ0) is 25.0. The average Bonchev–Trinajstić information content (AvgIpc) is 2.74. The number of carboxylic acids is 1. The van der Waals surface area contributed by atoms with Crippen LogP contribution in [-0.2, 0) is 31.3 Å². The van der Waals surface area contributed by atoms with E-state index in [0.717, 1.165) is 0 Å². The second kappa shape index (κ2) is 10.4. The van der Waals surface area contributed by atoms with Crippen molar-refractivity contribution in [3.63, 3.8) is 0 Å². The highest BCUT2D eigenvalue weighted by molar-refractivity contribution is 7.42. The van der Waals surface area contributed by atoms with Crippen molar-refractivity contribution >= 4 is 14.0 Å². The number of halogens is 1. The van der Waals surface area contributed by atoms with E-state index in [9.17, 15) is 24.0 Å². The number of aromatic nitrogens is 1. The van der Waals surface area contributed by atoms with Gasteiger partial charge in [0.05, 0.1) is 12.8 Å². The Hall–Kier alpha value is -2.21. The summed E-state index contributed by atoms with van der Waals surface area (Å²) in [5, 5.41) is 20.6. The molecule has 0 aliphatic carbocycles. The molecule has 0 bridgehead atoms. The molecule has 0 radical (unpaired) electrons. The van der Waals surface area contributed by atoms with Crippen molar-refractivity contribution in [2.45, 2.75) is 70.1 Å². The van der Waals surface area contributed by atoms with Gasteiger partial charge in [-0.2, -0.15) is 0 Å². The van der Waals surface area contributed by atoms with E-state index in [1.54, 1.807) is 18.2 Å². The number of carboxylic acid groups (broad SMARTS) is 1. The van der Waals surface area contributed by atoms with Gasteiger partial charge in [-0.05, 0) is 46.7 Å². The van der Waals surface area contributed by atoms with Gasteiger partial charge in [-0.15, -0.1) is 4.52 Å². The Morgan fingerprint density at radius 2 is 1.70 bits per heavy atom. The highest BCUT2D eigenvalue weighted by Gasteiger charge is 2.72. The molecule has 2 N–H and O–H groups in total. The lowest BCUT2D eigenvalue weighted by atomic mass is 9.75. The first-order valence-electron chi connectivity index (χ1n) is 11.0. The van der Waals surface area contributed by atoms with E-state index in [1.807, 2.05) is 34.6 Å². The van der Waals surface area contributed by atoms with Gasteiger partial charge in [0.1, 0.15) is 5.82 Å². The van der Waals surface area contributed by atoms with E-state index in [2.05, 4.69) is 4.98 Å². The largest absolute Gasteiger partial charge is 0.529 e. The molecule has 0 fully saturated rings. The van der Waals surface area contributed by atoms with Gasteiger partial charge in [0.25, 0.3) is 0 Å². The van der Waals surface area contributed by atoms with Crippen LogP contribution in [0.15, 0.2) is 42.5 Å². The molecule has 0 aliphatic heterocycles. The van der Waals surface area contributed by atoms with Gasteiger partial charge in [-0.1, -0.05) is 52.8 Å². The summed E-state index contributed by atoms with van der Waals surface area (Å²) in [4.78, 5) is 17.5. The van der Waals surface area contributed by atoms with Gasteiger partial charge in [0, 0.05) is 24.0 Å². The van der Waals surface area contributed by atoms with Crippen LogP contribution in [0.1, 0.15) is 64.4 Å². The van der Waals surface area contributed by atoms with Crippen LogP contribution in [-0.4, -0.2) is 33.4 Å². The van der Waals surface area contributed by atoms with Crippen LogP contribution in [0.5, 0.6) is 0 Å². The minimum atomic E-state index is -2.86. The number of aliphatic carboxylic acids is 1. The molecule has 0 spiro atoms. The van der Waals surface area contributed by atoms with Crippen molar-refractivity contribution in [3.8, 4) is 0 Å². The van der Waals surface area contributed by atoms with Crippen LogP contribution >= 0.6 is 8.03 Å². The zero-order valence-electron chi connectivity index (χ0n) is 20.1. The predicted molar refractivity (Wildman–Crippen MR) is 126 cm³/mol. The minimum Gasteiger partial charge on any atom is -0.477 e. The van der Waals surface area contributed by atoms with Gasteiger partial charge in [0.2, 0.25) is 0 Å². The summed E-state index contributed by atoms with van der Waals surface area (Å²) in [5.74, 6) is -1.80. The lowest BCUT2D eigenvalue weighted by molar-refractivity contribution is -0.151. The molecule has 1 heterocycles. The fraction of sp³-hybridized carbons (Fsp3) is 0.520. The Labute approximate surface area is 196 Å². The summed E-state index contributed by atoms with van der Waals surface area (Å²) in [6.07, 6.45) is 0.0618. The average molecular weight is 479 g/mol. The van der Waals surface area contributed by atoms with E-state index in [1.165, 1.54) is 31.4 Å². The van der Waals surface area contributed by atoms with Crippen LogP contribution in [0.3, 0.4) is 0 Å². The maximum absolute atomic E-state index is 13.5. The number of rotatable bonds is 10. The Kier molecular flexibility index (Phi) is 8.50. The molecular weight excluding hydrogens is 444 g/mol. The monoisotopic (exact) mass is 478 g/mol. The predicted octanol–water partition coefficient (Wildman–Crippen LogP) is 5.60. The third kappa shape index (κ3) is 5.65. The van der Waals surface area contributed by atoms with Crippen LogP contribution in [0.25, 0.3) is 0 Å². The number of aliphatic hydroxyl groups is 1. The van der Waals surface area contributed by atoms with Crippen molar-refractivity contribution in [2.24, 2.45) is 5.92 Å². The van der Waals surface area contributed by atoms with Crippen LogP contribution in [0, 0.1) is 11.7 Å². The fourth-order valence-corrected chi connectivity index (χ4v) is 5.17. The van der Waals surface area contributed by atoms with Crippen LogP contribution in [0.4, 0.5) is 4.39 Å². The molecule has 33 heavy (non-hydrogen) atoms. The molecule has 8 heteroatoms. The van der Waals surface area contributed by atoms with Crippen molar-refractivity contribution in [1.82, 2.24) is 4.98 Å². The van der Waals surface area contributed by atoms with Crippen LogP contribution in [0.2, 0.25) is 0 Å². The quantitative estimate of drug-likeness (QED) is 0.432. The number of hydrogen-bond acceptors (Lipinski definition) is 5. The Balaban J connectivity index is 2.86. The smallest absolute Gasteiger partial charge is 0.477 e. The van der Waals surface area contributed by atoms with Gasteiger partial charge in [-0.25, -0.2) is 9.18 Å². The lowest BCUT2D eigenvalue weighted by Crippen LogP contribution is -2.57. The molecule has 180 valence electrons. The number of nitrogens with zero attached hydrogens (tertiary/aromatic N) is 1. The first-order valence-corrected chi connectivity index (χ1v) is 12.2. The Bertz CT molecular complexity index is 989. The summed E-state index contributed by atoms with van der Waals surface area (Å²) < 4.78 is 32.0. The summed E-state index contributed by atoms with van der Waals surface area (Å²) in [6.45, 7) is 9.71. The fourth-order valence-electron chi connectivity index (χ4n) is 3.89.